The van der Waals surface area contributed by atoms with Crippen LogP contribution in [0.1, 0.15) is 63.9 Å². The molecule has 0 aliphatic heterocycles. The first-order valence-corrected chi connectivity index (χ1v) is 8.46. The van der Waals surface area contributed by atoms with Crippen LogP contribution in [0.25, 0.3) is 0 Å². The highest BCUT2D eigenvalue weighted by atomic mass is 79.9. The van der Waals surface area contributed by atoms with Crippen molar-refractivity contribution in [2.24, 2.45) is 11.8 Å². The molecule has 0 spiro atoms. The van der Waals surface area contributed by atoms with Gasteiger partial charge in [-0.1, -0.05) is 45.8 Å². The van der Waals surface area contributed by atoms with Gasteiger partial charge in [0, 0.05) is 11.6 Å². The summed E-state index contributed by atoms with van der Waals surface area (Å²) < 4.78 is 1.69. The molecule has 1 aromatic heterocycles. The average Bonchev–Trinajstić information content (AvgIpc) is 2.35. The van der Waals surface area contributed by atoms with Crippen LogP contribution in [0.5, 0.6) is 0 Å². The summed E-state index contributed by atoms with van der Waals surface area (Å²) in [7, 11) is 0. The van der Waals surface area contributed by atoms with Crippen LogP contribution in [0, 0.1) is 16.5 Å². The molecule has 1 aromatic rings. The molecule has 0 bridgehead atoms. The molecule has 1 N–H and O–H groups in total. The van der Waals surface area contributed by atoms with Crippen LogP contribution < -0.4 is 0 Å². The maximum atomic E-state index is 5.40. The zero-order valence-electron chi connectivity index (χ0n) is 12.0. The summed E-state index contributed by atoms with van der Waals surface area (Å²) in [4.78, 5) is 8.15. The minimum absolute atomic E-state index is 0.567. The van der Waals surface area contributed by atoms with Crippen molar-refractivity contribution < 1.29 is 0 Å². The van der Waals surface area contributed by atoms with Crippen molar-refractivity contribution in [3.05, 3.63) is 20.6 Å². The van der Waals surface area contributed by atoms with Gasteiger partial charge in [0.25, 0.3) is 0 Å². The number of halogens is 1. The van der Waals surface area contributed by atoms with E-state index in [1.165, 1.54) is 31.4 Å². The van der Waals surface area contributed by atoms with E-state index in [1.54, 1.807) is 0 Å². The molecule has 1 aliphatic rings. The molecule has 0 atom stereocenters. The van der Waals surface area contributed by atoms with E-state index in [4.69, 9.17) is 12.2 Å². The maximum absolute atomic E-state index is 5.40. The van der Waals surface area contributed by atoms with Crippen LogP contribution in [0.15, 0.2) is 4.47 Å². The van der Waals surface area contributed by atoms with Crippen LogP contribution in [-0.2, 0) is 6.42 Å². The van der Waals surface area contributed by atoms with Crippen molar-refractivity contribution in [1.29, 1.82) is 0 Å². The summed E-state index contributed by atoms with van der Waals surface area (Å²) in [5, 5.41) is 0. The molecule has 0 unspecified atom stereocenters. The molecule has 4 heteroatoms. The van der Waals surface area contributed by atoms with Gasteiger partial charge in [0.15, 0.2) is 0 Å². The molecule has 1 fully saturated rings. The first-order valence-electron chi connectivity index (χ1n) is 7.26. The van der Waals surface area contributed by atoms with Crippen LogP contribution in [0.2, 0.25) is 0 Å². The molecule has 2 rings (SSSR count). The lowest BCUT2D eigenvalue weighted by molar-refractivity contribution is 0.339. The normalized spacial score (nSPS) is 23.8. The lowest BCUT2D eigenvalue weighted by atomic mass is 9.82. The number of rotatable bonds is 3. The van der Waals surface area contributed by atoms with Crippen LogP contribution in [0.4, 0.5) is 0 Å². The second kappa shape index (κ2) is 6.49. The Morgan fingerprint density at radius 2 is 1.95 bits per heavy atom. The molecular weight excluding hydrogens is 320 g/mol. The lowest BCUT2D eigenvalue weighted by Gasteiger charge is -2.26. The van der Waals surface area contributed by atoms with Crippen molar-refractivity contribution in [3.8, 4) is 0 Å². The topological polar surface area (TPSA) is 28.7 Å². The van der Waals surface area contributed by atoms with Crippen LogP contribution in [0.3, 0.4) is 0 Å². The molecule has 0 radical (unpaired) electrons. The lowest BCUT2D eigenvalue weighted by Crippen LogP contribution is -2.15. The Kier molecular flexibility index (Phi) is 5.18. The van der Waals surface area contributed by atoms with E-state index in [2.05, 4.69) is 46.7 Å². The molecule has 0 saturated heterocycles. The summed E-state index contributed by atoms with van der Waals surface area (Å²) in [6.45, 7) is 6.80. The van der Waals surface area contributed by atoms with Gasteiger partial charge in [-0.2, -0.15) is 0 Å². The quantitative estimate of drug-likeness (QED) is 0.745. The van der Waals surface area contributed by atoms with Crippen LogP contribution in [-0.4, -0.2) is 9.97 Å². The number of nitrogens with zero attached hydrogens (tertiary/aromatic N) is 1. The summed E-state index contributed by atoms with van der Waals surface area (Å²) in [5.74, 6) is 3.15. The largest absolute Gasteiger partial charge is 0.346 e. The fourth-order valence-electron chi connectivity index (χ4n) is 2.80. The summed E-state index contributed by atoms with van der Waals surface area (Å²) in [6, 6.07) is 0. The monoisotopic (exact) mass is 342 g/mol. The Hall–Kier alpha value is -0.220. The first-order chi connectivity index (χ1) is 8.97. The number of hydrogen-bond acceptors (Lipinski definition) is 2. The molecule has 19 heavy (non-hydrogen) atoms. The van der Waals surface area contributed by atoms with E-state index in [1.807, 2.05) is 0 Å². The second-order valence-corrected chi connectivity index (χ2v) is 7.45. The Bertz CT molecular complexity index is 487. The molecule has 1 heterocycles. The fourth-order valence-corrected chi connectivity index (χ4v) is 3.37. The molecule has 0 amide bonds. The zero-order valence-corrected chi connectivity index (χ0v) is 14.4. The minimum atomic E-state index is 0.567. The SMILES string of the molecule is CC(C)Cc1[nH]c(C2CCC(C)CC2)nc(=S)c1Br. The number of hydrogen-bond donors (Lipinski definition) is 1. The molecule has 2 nitrogen and oxygen atoms in total. The first kappa shape index (κ1) is 15.2. The Morgan fingerprint density at radius 3 is 2.53 bits per heavy atom. The Morgan fingerprint density at radius 1 is 1.32 bits per heavy atom. The van der Waals surface area contributed by atoms with E-state index >= 15 is 0 Å². The summed E-state index contributed by atoms with van der Waals surface area (Å²) >= 11 is 8.97. The Labute approximate surface area is 129 Å². The third kappa shape index (κ3) is 3.88. The van der Waals surface area contributed by atoms with Gasteiger partial charge < -0.3 is 4.98 Å². The van der Waals surface area contributed by atoms with E-state index in [0.29, 0.717) is 16.5 Å². The van der Waals surface area contributed by atoms with E-state index in [0.717, 1.165) is 22.6 Å². The van der Waals surface area contributed by atoms with Gasteiger partial charge in [-0.05, 0) is 47.0 Å². The van der Waals surface area contributed by atoms with Gasteiger partial charge in [0.05, 0.1) is 4.47 Å². The number of H-pyrrole nitrogens is 1. The predicted octanol–water partition coefficient (Wildman–Crippen LogP) is 5.39. The molecule has 106 valence electrons. The van der Waals surface area contributed by atoms with Gasteiger partial charge in [-0.15, -0.1) is 0 Å². The number of aromatic amines is 1. The van der Waals surface area contributed by atoms with Crippen molar-refractivity contribution >= 4 is 28.1 Å². The van der Waals surface area contributed by atoms with Crippen molar-refractivity contribution in [1.82, 2.24) is 9.97 Å². The summed E-state index contributed by atoms with van der Waals surface area (Å²) in [5.41, 5.74) is 1.21. The standard InChI is InChI=1S/C15H23BrN2S/c1-9(2)8-12-13(16)15(19)18-14(17-12)11-6-4-10(3)5-7-11/h9-11H,4-8H2,1-3H3,(H,17,18,19). The van der Waals surface area contributed by atoms with Crippen molar-refractivity contribution in [2.75, 3.05) is 0 Å². The summed E-state index contributed by atoms with van der Waals surface area (Å²) in [6.07, 6.45) is 6.11. The fraction of sp³-hybridized carbons (Fsp3) is 0.733. The van der Waals surface area contributed by atoms with Crippen molar-refractivity contribution in [3.63, 3.8) is 0 Å². The number of aromatic nitrogens is 2. The molecule has 0 aromatic carbocycles. The Balaban J connectivity index is 2.26. The van der Waals surface area contributed by atoms with Gasteiger partial charge in [-0.25, -0.2) is 4.98 Å². The van der Waals surface area contributed by atoms with E-state index < -0.39 is 0 Å². The minimum Gasteiger partial charge on any atom is -0.346 e. The van der Waals surface area contributed by atoms with Crippen molar-refractivity contribution in [2.45, 2.75) is 58.8 Å². The maximum Gasteiger partial charge on any atom is 0.144 e. The highest BCUT2D eigenvalue weighted by Crippen LogP contribution is 2.34. The smallest absolute Gasteiger partial charge is 0.144 e. The third-order valence-electron chi connectivity index (χ3n) is 3.97. The van der Waals surface area contributed by atoms with E-state index in [-0.39, 0.29) is 0 Å². The van der Waals surface area contributed by atoms with Gasteiger partial charge in [0.1, 0.15) is 10.5 Å². The highest BCUT2D eigenvalue weighted by molar-refractivity contribution is 9.10. The van der Waals surface area contributed by atoms with Gasteiger partial charge >= 0.3 is 0 Å². The molecule has 1 saturated carbocycles. The number of nitrogens with one attached hydrogen (secondary N) is 1. The highest BCUT2D eigenvalue weighted by Gasteiger charge is 2.22. The second-order valence-electron chi connectivity index (χ2n) is 6.27. The zero-order chi connectivity index (χ0) is 14.0. The van der Waals surface area contributed by atoms with Gasteiger partial charge in [-0.3, -0.25) is 0 Å². The van der Waals surface area contributed by atoms with E-state index in [9.17, 15) is 0 Å². The van der Waals surface area contributed by atoms with Crippen LogP contribution >= 0.6 is 28.1 Å². The molecule has 1 aliphatic carbocycles. The van der Waals surface area contributed by atoms with Gasteiger partial charge in [0.2, 0.25) is 0 Å². The predicted molar refractivity (Wildman–Crippen MR) is 86.0 cm³/mol. The average molecular weight is 343 g/mol. The molecular formula is C15H23BrN2S. The third-order valence-corrected chi connectivity index (χ3v) is 5.38.